The molecule has 0 aromatic heterocycles. The maximum absolute atomic E-state index is 12.1. The lowest BCUT2D eigenvalue weighted by Crippen LogP contribution is -2.39. The van der Waals surface area contributed by atoms with E-state index in [1.54, 1.807) is 0 Å². The number of hydrogen-bond acceptors (Lipinski definition) is 2. The van der Waals surface area contributed by atoms with Crippen molar-refractivity contribution in [1.29, 1.82) is 0 Å². The Kier molecular flexibility index (Phi) is 4.55. The average molecular weight is 261 g/mol. The van der Waals surface area contributed by atoms with Gasteiger partial charge in [-0.05, 0) is 24.3 Å². The number of nitrogens with zero attached hydrogens (tertiary/aromatic N) is 1. The van der Waals surface area contributed by atoms with E-state index < -0.39 is 5.97 Å². The van der Waals surface area contributed by atoms with Crippen LogP contribution in [0.15, 0.2) is 30.3 Å². The molecule has 1 fully saturated rings. The molecular formula is C15H19NO3. The van der Waals surface area contributed by atoms with Gasteiger partial charge in [-0.15, -0.1) is 0 Å². The fourth-order valence-corrected chi connectivity index (χ4v) is 2.52. The van der Waals surface area contributed by atoms with Crippen LogP contribution in [0.1, 0.15) is 24.8 Å². The molecule has 1 aromatic rings. The molecule has 0 aliphatic carbocycles. The number of likely N-dealkylation sites (tertiary alicyclic amines) is 1. The quantitative estimate of drug-likeness (QED) is 0.901. The van der Waals surface area contributed by atoms with Crippen LogP contribution >= 0.6 is 0 Å². The summed E-state index contributed by atoms with van der Waals surface area (Å²) in [4.78, 5) is 24.6. The van der Waals surface area contributed by atoms with E-state index in [9.17, 15) is 9.59 Å². The second-order valence-electron chi connectivity index (χ2n) is 5.08. The first kappa shape index (κ1) is 13.6. The van der Waals surface area contributed by atoms with E-state index in [2.05, 4.69) is 0 Å². The lowest BCUT2D eigenvalue weighted by molar-refractivity contribution is -0.138. The van der Waals surface area contributed by atoms with Gasteiger partial charge >= 0.3 is 5.97 Å². The van der Waals surface area contributed by atoms with Gasteiger partial charge in [0.05, 0.1) is 6.42 Å². The average Bonchev–Trinajstić information content (AvgIpc) is 2.40. The topological polar surface area (TPSA) is 57.6 Å². The van der Waals surface area contributed by atoms with Gasteiger partial charge in [-0.3, -0.25) is 9.59 Å². The third kappa shape index (κ3) is 4.09. The van der Waals surface area contributed by atoms with Crippen LogP contribution < -0.4 is 0 Å². The van der Waals surface area contributed by atoms with E-state index in [1.807, 2.05) is 35.2 Å². The number of carbonyl (C=O) groups is 2. The SMILES string of the molecule is O=C(O)CC1CCN(C(=O)Cc2ccccc2)CC1. The van der Waals surface area contributed by atoms with Crippen molar-refractivity contribution in [2.75, 3.05) is 13.1 Å². The predicted molar refractivity (Wildman–Crippen MR) is 71.7 cm³/mol. The van der Waals surface area contributed by atoms with Gasteiger partial charge in [-0.2, -0.15) is 0 Å². The lowest BCUT2D eigenvalue weighted by Gasteiger charge is -2.31. The third-order valence-corrected chi connectivity index (χ3v) is 3.63. The van der Waals surface area contributed by atoms with Crippen molar-refractivity contribution >= 4 is 11.9 Å². The minimum atomic E-state index is -0.742. The zero-order valence-electron chi connectivity index (χ0n) is 10.9. The van der Waals surface area contributed by atoms with E-state index in [0.29, 0.717) is 19.5 Å². The van der Waals surface area contributed by atoms with Gasteiger partial charge < -0.3 is 10.0 Å². The van der Waals surface area contributed by atoms with Gasteiger partial charge in [0.25, 0.3) is 0 Å². The summed E-state index contributed by atoms with van der Waals surface area (Å²) in [5.41, 5.74) is 1.03. The second-order valence-corrected chi connectivity index (χ2v) is 5.08. The third-order valence-electron chi connectivity index (χ3n) is 3.63. The summed E-state index contributed by atoms with van der Waals surface area (Å²) in [5, 5.41) is 8.76. The van der Waals surface area contributed by atoms with Crippen LogP contribution in [0.5, 0.6) is 0 Å². The highest BCUT2D eigenvalue weighted by Crippen LogP contribution is 2.21. The standard InChI is InChI=1S/C15H19NO3/c17-14(10-12-4-2-1-3-5-12)16-8-6-13(7-9-16)11-15(18)19/h1-5,13H,6-11H2,(H,18,19). The molecule has 0 unspecified atom stereocenters. The molecule has 1 saturated heterocycles. The van der Waals surface area contributed by atoms with E-state index in [4.69, 9.17) is 5.11 Å². The molecule has 1 aliphatic rings. The summed E-state index contributed by atoms with van der Waals surface area (Å²) >= 11 is 0. The normalized spacial score (nSPS) is 16.3. The van der Waals surface area contributed by atoms with Gasteiger partial charge in [-0.25, -0.2) is 0 Å². The number of carboxylic acid groups (broad SMARTS) is 1. The van der Waals surface area contributed by atoms with Crippen LogP contribution in [0.3, 0.4) is 0 Å². The Balaban J connectivity index is 1.81. The molecule has 19 heavy (non-hydrogen) atoms. The Morgan fingerprint density at radius 1 is 1.16 bits per heavy atom. The van der Waals surface area contributed by atoms with Crippen molar-refractivity contribution in [2.24, 2.45) is 5.92 Å². The van der Waals surface area contributed by atoms with Crippen LogP contribution in [0.25, 0.3) is 0 Å². The minimum Gasteiger partial charge on any atom is -0.481 e. The van der Waals surface area contributed by atoms with E-state index in [0.717, 1.165) is 18.4 Å². The van der Waals surface area contributed by atoms with E-state index >= 15 is 0 Å². The van der Waals surface area contributed by atoms with Crippen molar-refractivity contribution in [3.05, 3.63) is 35.9 Å². The monoisotopic (exact) mass is 261 g/mol. The first-order valence-corrected chi connectivity index (χ1v) is 6.68. The molecule has 0 radical (unpaired) electrons. The molecule has 1 amide bonds. The van der Waals surface area contributed by atoms with Gasteiger partial charge in [0.1, 0.15) is 0 Å². The molecule has 0 bridgehead atoms. The van der Waals surface area contributed by atoms with Crippen LogP contribution in [0.2, 0.25) is 0 Å². The molecule has 0 atom stereocenters. The van der Waals surface area contributed by atoms with Crippen molar-refractivity contribution in [2.45, 2.75) is 25.7 Å². The summed E-state index contributed by atoms with van der Waals surface area (Å²) < 4.78 is 0. The molecule has 1 heterocycles. The lowest BCUT2D eigenvalue weighted by atomic mass is 9.93. The summed E-state index contributed by atoms with van der Waals surface area (Å²) in [6.45, 7) is 1.37. The molecule has 0 saturated carbocycles. The zero-order valence-corrected chi connectivity index (χ0v) is 10.9. The van der Waals surface area contributed by atoms with Crippen molar-refractivity contribution in [1.82, 2.24) is 4.90 Å². The number of amides is 1. The summed E-state index contributed by atoms with van der Waals surface area (Å²) in [7, 11) is 0. The van der Waals surface area contributed by atoms with Crippen LogP contribution in [-0.4, -0.2) is 35.0 Å². The number of rotatable bonds is 4. The Morgan fingerprint density at radius 2 is 1.79 bits per heavy atom. The van der Waals surface area contributed by atoms with Crippen LogP contribution in [0, 0.1) is 5.92 Å². The Hall–Kier alpha value is -1.84. The maximum atomic E-state index is 12.1. The first-order valence-electron chi connectivity index (χ1n) is 6.68. The number of hydrogen-bond donors (Lipinski definition) is 1. The Morgan fingerprint density at radius 3 is 2.37 bits per heavy atom. The second kappa shape index (κ2) is 6.36. The van der Waals surface area contributed by atoms with Gasteiger partial charge in [0.15, 0.2) is 0 Å². The van der Waals surface area contributed by atoms with E-state index in [-0.39, 0.29) is 18.2 Å². The fourth-order valence-electron chi connectivity index (χ4n) is 2.52. The maximum Gasteiger partial charge on any atom is 0.303 e. The highest BCUT2D eigenvalue weighted by Gasteiger charge is 2.24. The van der Waals surface area contributed by atoms with Crippen molar-refractivity contribution < 1.29 is 14.7 Å². The Bertz CT molecular complexity index is 436. The molecule has 0 spiro atoms. The Labute approximate surface area is 113 Å². The molecular weight excluding hydrogens is 242 g/mol. The molecule has 2 rings (SSSR count). The number of piperidine rings is 1. The van der Waals surface area contributed by atoms with Crippen molar-refractivity contribution in [3.8, 4) is 0 Å². The van der Waals surface area contributed by atoms with E-state index in [1.165, 1.54) is 0 Å². The largest absolute Gasteiger partial charge is 0.481 e. The van der Waals surface area contributed by atoms with Gasteiger partial charge in [-0.1, -0.05) is 30.3 Å². The molecule has 102 valence electrons. The van der Waals surface area contributed by atoms with Crippen LogP contribution in [0.4, 0.5) is 0 Å². The van der Waals surface area contributed by atoms with Crippen molar-refractivity contribution in [3.63, 3.8) is 0 Å². The number of aliphatic carboxylic acids is 1. The minimum absolute atomic E-state index is 0.139. The molecule has 4 heteroatoms. The highest BCUT2D eigenvalue weighted by molar-refractivity contribution is 5.78. The smallest absolute Gasteiger partial charge is 0.303 e. The summed E-state index contributed by atoms with van der Waals surface area (Å²) in [5.74, 6) is -0.382. The number of carboxylic acids is 1. The number of benzene rings is 1. The zero-order chi connectivity index (χ0) is 13.7. The highest BCUT2D eigenvalue weighted by atomic mass is 16.4. The van der Waals surface area contributed by atoms with Crippen LogP contribution in [-0.2, 0) is 16.0 Å². The predicted octanol–water partition coefficient (Wildman–Crippen LogP) is 1.94. The molecule has 4 nitrogen and oxygen atoms in total. The van der Waals surface area contributed by atoms with Gasteiger partial charge in [0.2, 0.25) is 5.91 Å². The first-order chi connectivity index (χ1) is 9.15. The van der Waals surface area contributed by atoms with Gasteiger partial charge in [0, 0.05) is 19.5 Å². The fraction of sp³-hybridized carbons (Fsp3) is 0.467. The molecule has 1 N–H and O–H groups in total. The summed E-state index contributed by atoms with van der Waals surface area (Å²) in [6.07, 6.45) is 2.25. The molecule has 1 aliphatic heterocycles. The molecule has 1 aromatic carbocycles. The summed E-state index contributed by atoms with van der Waals surface area (Å²) in [6, 6.07) is 9.71. The number of carbonyl (C=O) groups excluding carboxylic acids is 1.